The molecule has 1 N–H and O–H groups in total. The number of aliphatic hydroxyl groups excluding tert-OH is 1. The second kappa shape index (κ2) is 7.92. The lowest BCUT2D eigenvalue weighted by atomic mass is 10.2. The van der Waals surface area contributed by atoms with Crippen LogP contribution in [0.4, 0.5) is 0 Å². The predicted molar refractivity (Wildman–Crippen MR) is 105 cm³/mol. The highest BCUT2D eigenvalue weighted by atomic mass is 16.3. The molecule has 0 bridgehead atoms. The topological polar surface area (TPSA) is 82.1 Å². The molecule has 27 heavy (non-hydrogen) atoms. The molecular formula is C20H26N4O3. The van der Waals surface area contributed by atoms with Crippen molar-refractivity contribution in [2.75, 3.05) is 0 Å². The molecule has 1 atom stereocenters. The third-order valence-corrected chi connectivity index (χ3v) is 4.86. The molecular weight excluding hydrogens is 344 g/mol. The number of rotatable bonds is 7. The Hall–Kier alpha value is -2.67. The standard InChI is InChI=1S/C20H26N4O3/c1-14(25)9-7-8-12-23-19(26)17-18(22(3)20(23)27)21-15(2)24(17)13-16-10-5-4-6-11-16/h4-6,10-11,14,25H,7-9,12-13H2,1-3H3/t14-/m0/s1. The van der Waals surface area contributed by atoms with E-state index in [4.69, 9.17) is 0 Å². The van der Waals surface area contributed by atoms with Crippen LogP contribution in [-0.4, -0.2) is 29.9 Å². The summed E-state index contributed by atoms with van der Waals surface area (Å²) in [4.78, 5) is 30.2. The largest absolute Gasteiger partial charge is 0.393 e. The minimum absolute atomic E-state index is 0.304. The van der Waals surface area contributed by atoms with E-state index in [1.807, 2.05) is 41.8 Å². The zero-order valence-electron chi connectivity index (χ0n) is 16.1. The third-order valence-electron chi connectivity index (χ3n) is 4.86. The summed E-state index contributed by atoms with van der Waals surface area (Å²) in [6.45, 7) is 4.45. The van der Waals surface area contributed by atoms with Gasteiger partial charge in [-0.15, -0.1) is 0 Å². The van der Waals surface area contributed by atoms with Gasteiger partial charge in [0.2, 0.25) is 0 Å². The second-order valence-corrected chi connectivity index (χ2v) is 7.05. The molecule has 0 saturated heterocycles. The number of nitrogens with zero attached hydrogens (tertiary/aromatic N) is 4. The van der Waals surface area contributed by atoms with Crippen LogP contribution in [0.2, 0.25) is 0 Å². The van der Waals surface area contributed by atoms with Crippen LogP contribution in [0.15, 0.2) is 39.9 Å². The van der Waals surface area contributed by atoms with Gasteiger partial charge in [-0.3, -0.25) is 13.9 Å². The van der Waals surface area contributed by atoms with Gasteiger partial charge >= 0.3 is 5.69 Å². The lowest BCUT2D eigenvalue weighted by Crippen LogP contribution is -2.39. The molecule has 0 fully saturated rings. The van der Waals surface area contributed by atoms with Gasteiger partial charge in [-0.05, 0) is 38.7 Å². The van der Waals surface area contributed by atoms with Gasteiger partial charge in [-0.2, -0.15) is 0 Å². The first-order valence-electron chi connectivity index (χ1n) is 9.28. The van der Waals surface area contributed by atoms with Gasteiger partial charge in [0, 0.05) is 20.1 Å². The van der Waals surface area contributed by atoms with Gasteiger partial charge in [-0.1, -0.05) is 30.3 Å². The zero-order chi connectivity index (χ0) is 19.6. The highest BCUT2D eigenvalue weighted by Crippen LogP contribution is 2.13. The van der Waals surface area contributed by atoms with Crippen LogP contribution in [0.1, 0.15) is 37.6 Å². The van der Waals surface area contributed by atoms with E-state index >= 15 is 0 Å². The number of unbranched alkanes of at least 4 members (excludes halogenated alkanes) is 1. The summed E-state index contributed by atoms with van der Waals surface area (Å²) in [5.41, 5.74) is 1.28. The van der Waals surface area contributed by atoms with E-state index in [1.165, 1.54) is 9.13 Å². The molecule has 0 aliphatic carbocycles. The molecule has 7 heteroatoms. The summed E-state index contributed by atoms with van der Waals surface area (Å²) < 4.78 is 4.60. The fourth-order valence-electron chi connectivity index (χ4n) is 3.35. The molecule has 0 radical (unpaired) electrons. The SMILES string of the molecule is Cc1nc2c(c(=O)n(CCCC[C@H](C)O)c(=O)n2C)n1Cc1ccccc1. The van der Waals surface area contributed by atoms with Crippen LogP contribution in [0.25, 0.3) is 11.2 Å². The molecule has 3 rings (SSSR count). The second-order valence-electron chi connectivity index (χ2n) is 7.05. The van der Waals surface area contributed by atoms with E-state index in [1.54, 1.807) is 14.0 Å². The summed E-state index contributed by atoms with van der Waals surface area (Å²) >= 11 is 0. The maximum atomic E-state index is 13.1. The van der Waals surface area contributed by atoms with Gasteiger partial charge in [-0.25, -0.2) is 9.78 Å². The first-order valence-corrected chi connectivity index (χ1v) is 9.28. The fourth-order valence-corrected chi connectivity index (χ4v) is 3.35. The minimum Gasteiger partial charge on any atom is -0.393 e. The Morgan fingerprint density at radius 2 is 1.81 bits per heavy atom. The summed E-state index contributed by atoms with van der Waals surface area (Å²) in [6, 6.07) is 9.87. The molecule has 0 amide bonds. The molecule has 0 spiro atoms. The average molecular weight is 370 g/mol. The number of fused-ring (bicyclic) bond motifs is 1. The molecule has 3 aromatic rings. The molecule has 2 heterocycles. The van der Waals surface area contributed by atoms with Gasteiger partial charge in [0.1, 0.15) is 5.82 Å². The number of benzene rings is 1. The maximum Gasteiger partial charge on any atom is 0.332 e. The fraction of sp³-hybridized carbons (Fsp3) is 0.450. The number of hydrogen-bond donors (Lipinski definition) is 1. The normalized spacial score (nSPS) is 12.6. The molecule has 0 aliphatic rings. The molecule has 144 valence electrons. The molecule has 0 aliphatic heterocycles. The van der Waals surface area contributed by atoms with E-state index in [0.717, 1.165) is 12.0 Å². The summed E-state index contributed by atoms with van der Waals surface area (Å²) in [5.74, 6) is 0.702. The van der Waals surface area contributed by atoms with Crippen LogP contribution in [0.3, 0.4) is 0 Å². The number of imidazole rings is 1. The Morgan fingerprint density at radius 1 is 1.11 bits per heavy atom. The quantitative estimate of drug-likeness (QED) is 0.643. The molecule has 7 nitrogen and oxygen atoms in total. The maximum absolute atomic E-state index is 13.1. The number of aliphatic hydroxyl groups is 1. The lowest BCUT2D eigenvalue weighted by Gasteiger charge is -2.11. The van der Waals surface area contributed by atoms with E-state index in [-0.39, 0.29) is 17.4 Å². The van der Waals surface area contributed by atoms with Crippen molar-refractivity contribution in [3.63, 3.8) is 0 Å². The summed E-state index contributed by atoms with van der Waals surface area (Å²) in [6.07, 6.45) is 1.70. The molecule has 2 aromatic heterocycles. The highest BCUT2D eigenvalue weighted by Gasteiger charge is 2.18. The Kier molecular flexibility index (Phi) is 5.60. The first-order chi connectivity index (χ1) is 12.9. The van der Waals surface area contributed by atoms with Gasteiger partial charge in [0.25, 0.3) is 5.56 Å². The summed E-state index contributed by atoms with van der Waals surface area (Å²) in [5, 5.41) is 9.38. The molecule has 0 unspecified atom stereocenters. The van der Waals surface area contributed by atoms with Crippen molar-refractivity contribution in [2.45, 2.75) is 52.3 Å². The summed E-state index contributed by atoms with van der Waals surface area (Å²) in [7, 11) is 1.65. The van der Waals surface area contributed by atoms with Crippen LogP contribution < -0.4 is 11.2 Å². The minimum atomic E-state index is -0.373. The van der Waals surface area contributed by atoms with Crippen molar-refractivity contribution in [1.82, 2.24) is 18.7 Å². The van der Waals surface area contributed by atoms with Crippen molar-refractivity contribution in [2.24, 2.45) is 7.05 Å². The number of aryl methyl sites for hydroxylation is 2. The van der Waals surface area contributed by atoms with Crippen molar-refractivity contribution in [3.8, 4) is 0 Å². The van der Waals surface area contributed by atoms with E-state index in [0.29, 0.717) is 42.9 Å². The van der Waals surface area contributed by atoms with Gasteiger partial charge in [0.15, 0.2) is 11.2 Å². The van der Waals surface area contributed by atoms with Crippen LogP contribution >= 0.6 is 0 Å². The Balaban J connectivity index is 2.04. The van der Waals surface area contributed by atoms with Crippen LogP contribution in [-0.2, 0) is 20.1 Å². The smallest absolute Gasteiger partial charge is 0.332 e. The lowest BCUT2D eigenvalue weighted by molar-refractivity contribution is 0.180. The highest BCUT2D eigenvalue weighted by molar-refractivity contribution is 5.71. The van der Waals surface area contributed by atoms with Gasteiger partial charge < -0.3 is 9.67 Å². The number of hydrogen-bond acceptors (Lipinski definition) is 4. The zero-order valence-corrected chi connectivity index (χ0v) is 16.1. The van der Waals surface area contributed by atoms with Crippen LogP contribution in [0.5, 0.6) is 0 Å². The molecule has 1 aromatic carbocycles. The Bertz CT molecular complexity index is 1050. The van der Waals surface area contributed by atoms with E-state index < -0.39 is 0 Å². The van der Waals surface area contributed by atoms with E-state index in [2.05, 4.69) is 4.98 Å². The number of aromatic nitrogens is 4. The molecule has 0 saturated carbocycles. The third kappa shape index (κ3) is 3.88. The Morgan fingerprint density at radius 3 is 2.48 bits per heavy atom. The van der Waals surface area contributed by atoms with Crippen molar-refractivity contribution >= 4 is 11.2 Å². The average Bonchev–Trinajstić information content (AvgIpc) is 2.96. The van der Waals surface area contributed by atoms with E-state index in [9.17, 15) is 14.7 Å². The van der Waals surface area contributed by atoms with Crippen molar-refractivity contribution < 1.29 is 5.11 Å². The predicted octanol–water partition coefficient (Wildman–Crippen LogP) is 1.80. The van der Waals surface area contributed by atoms with Gasteiger partial charge in [0.05, 0.1) is 6.10 Å². The first kappa shape index (κ1) is 19.1. The van der Waals surface area contributed by atoms with Crippen molar-refractivity contribution in [1.29, 1.82) is 0 Å². The van der Waals surface area contributed by atoms with Crippen LogP contribution in [0, 0.1) is 6.92 Å². The Labute approximate surface area is 157 Å². The monoisotopic (exact) mass is 370 g/mol. The van der Waals surface area contributed by atoms with Crippen molar-refractivity contribution in [3.05, 3.63) is 62.6 Å².